The molecule has 120 valence electrons. The van der Waals surface area contributed by atoms with Gasteiger partial charge in [0, 0.05) is 24.3 Å². The largest absolute Gasteiger partial charge is 0.471 e. The summed E-state index contributed by atoms with van der Waals surface area (Å²) in [6.07, 6.45) is -5.00. The predicted octanol–water partition coefficient (Wildman–Crippen LogP) is 2.23. The highest BCUT2D eigenvalue weighted by atomic mass is 19.4. The van der Waals surface area contributed by atoms with Crippen molar-refractivity contribution in [2.24, 2.45) is 0 Å². The van der Waals surface area contributed by atoms with Gasteiger partial charge >= 0.3 is 12.1 Å². The smallest absolute Gasteiger partial charge is 0.378 e. The Labute approximate surface area is 125 Å². The van der Waals surface area contributed by atoms with Gasteiger partial charge in [0.1, 0.15) is 0 Å². The SMILES string of the molecule is CC(=O)c1cc(N2CCOCC2)ccc1NC(=O)C(F)(F)F. The first-order chi connectivity index (χ1) is 10.3. The molecule has 1 amide bonds. The van der Waals surface area contributed by atoms with E-state index in [2.05, 4.69) is 0 Å². The normalized spacial score (nSPS) is 15.5. The maximum Gasteiger partial charge on any atom is 0.471 e. The van der Waals surface area contributed by atoms with E-state index in [0.717, 1.165) is 0 Å². The molecule has 0 radical (unpaired) electrons. The highest BCUT2D eigenvalue weighted by Crippen LogP contribution is 2.26. The molecule has 1 aliphatic rings. The lowest BCUT2D eigenvalue weighted by Gasteiger charge is -2.29. The van der Waals surface area contributed by atoms with Crippen molar-refractivity contribution >= 4 is 23.1 Å². The van der Waals surface area contributed by atoms with Crippen molar-refractivity contribution in [2.75, 3.05) is 36.5 Å². The number of nitrogens with zero attached hydrogens (tertiary/aromatic N) is 1. The van der Waals surface area contributed by atoms with Crippen LogP contribution in [-0.4, -0.2) is 44.2 Å². The summed E-state index contributed by atoms with van der Waals surface area (Å²) < 4.78 is 42.2. The second-order valence-electron chi connectivity index (χ2n) is 4.84. The van der Waals surface area contributed by atoms with Gasteiger partial charge in [0.25, 0.3) is 0 Å². The monoisotopic (exact) mass is 316 g/mol. The van der Waals surface area contributed by atoms with Crippen LogP contribution in [0, 0.1) is 0 Å². The molecule has 1 aromatic rings. The highest BCUT2D eigenvalue weighted by Gasteiger charge is 2.39. The third kappa shape index (κ3) is 3.76. The number of hydrogen-bond donors (Lipinski definition) is 1. The van der Waals surface area contributed by atoms with Crippen molar-refractivity contribution in [3.63, 3.8) is 0 Å². The molecule has 5 nitrogen and oxygen atoms in total. The zero-order valence-electron chi connectivity index (χ0n) is 11.9. The summed E-state index contributed by atoms with van der Waals surface area (Å²) in [6.45, 7) is 3.59. The number of carbonyl (C=O) groups excluding carboxylic acids is 2. The molecule has 22 heavy (non-hydrogen) atoms. The van der Waals surface area contributed by atoms with Crippen LogP contribution in [0.5, 0.6) is 0 Å². The first kappa shape index (κ1) is 16.3. The second-order valence-corrected chi connectivity index (χ2v) is 4.84. The number of rotatable bonds is 3. The Balaban J connectivity index is 2.27. The van der Waals surface area contributed by atoms with E-state index in [0.29, 0.717) is 32.0 Å². The molecular weight excluding hydrogens is 301 g/mol. The minimum Gasteiger partial charge on any atom is -0.378 e. The highest BCUT2D eigenvalue weighted by molar-refractivity contribution is 6.05. The number of ketones is 1. The van der Waals surface area contributed by atoms with E-state index in [1.165, 1.54) is 19.1 Å². The summed E-state index contributed by atoms with van der Waals surface area (Å²) in [5.41, 5.74) is 0.604. The summed E-state index contributed by atoms with van der Waals surface area (Å²) in [4.78, 5) is 24.6. The zero-order chi connectivity index (χ0) is 16.3. The molecule has 0 aliphatic carbocycles. The molecule has 0 bridgehead atoms. The molecule has 1 aliphatic heterocycles. The number of halogens is 3. The van der Waals surface area contributed by atoms with Crippen LogP contribution in [0.2, 0.25) is 0 Å². The number of carbonyl (C=O) groups is 2. The van der Waals surface area contributed by atoms with Gasteiger partial charge in [-0.1, -0.05) is 0 Å². The summed E-state index contributed by atoms with van der Waals surface area (Å²) >= 11 is 0. The number of benzene rings is 1. The number of hydrogen-bond acceptors (Lipinski definition) is 4. The maximum absolute atomic E-state index is 12.3. The number of ether oxygens (including phenoxy) is 1. The predicted molar refractivity (Wildman–Crippen MR) is 74.2 cm³/mol. The average Bonchev–Trinajstić information content (AvgIpc) is 2.47. The van der Waals surface area contributed by atoms with E-state index in [4.69, 9.17) is 4.74 Å². The van der Waals surface area contributed by atoms with Crippen molar-refractivity contribution in [2.45, 2.75) is 13.1 Å². The molecule has 1 N–H and O–H groups in total. The molecule has 1 aromatic carbocycles. The summed E-state index contributed by atoms with van der Waals surface area (Å²) in [7, 11) is 0. The van der Waals surface area contributed by atoms with Gasteiger partial charge in [0.15, 0.2) is 5.78 Å². The molecule has 2 rings (SSSR count). The minimum absolute atomic E-state index is 0.0431. The standard InChI is InChI=1S/C14H15F3N2O3/c1-9(20)11-8-10(19-4-6-22-7-5-19)2-3-12(11)18-13(21)14(15,16)17/h2-3,8H,4-7H2,1H3,(H,18,21). The number of morpholine rings is 1. The van der Waals surface area contributed by atoms with Gasteiger partial charge in [0.2, 0.25) is 0 Å². The van der Waals surface area contributed by atoms with Crippen molar-refractivity contribution in [1.29, 1.82) is 0 Å². The number of Topliss-reactive ketones (excluding diaryl/α,β-unsaturated/α-hetero) is 1. The molecule has 0 aromatic heterocycles. The summed E-state index contributed by atoms with van der Waals surface area (Å²) in [5.74, 6) is -2.53. The molecule has 1 saturated heterocycles. The molecule has 1 heterocycles. The van der Waals surface area contributed by atoms with Crippen molar-refractivity contribution in [3.05, 3.63) is 23.8 Å². The molecule has 0 unspecified atom stereocenters. The van der Waals surface area contributed by atoms with Gasteiger partial charge in [-0.25, -0.2) is 0 Å². The first-order valence-electron chi connectivity index (χ1n) is 6.65. The lowest BCUT2D eigenvalue weighted by Crippen LogP contribution is -2.36. The van der Waals surface area contributed by atoms with Crippen LogP contribution in [0.15, 0.2) is 18.2 Å². The van der Waals surface area contributed by atoms with Gasteiger partial charge in [0.05, 0.1) is 18.9 Å². The molecule has 0 spiro atoms. The topological polar surface area (TPSA) is 58.6 Å². The van der Waals surface area contributed by atoms with Crippen LogP contribution in [0.4, 0.5) is 24.5 Å². The summed E-state index contributed by atoms with van der Waals surface area (Å²) in [6, 6.07) is 4.37. The van der Waals surface area contributed by atoms with Gasteiger partial charge in [-0.3, -0.25) is 9.59 Å². The zero-order valence-corrected chi connectivity index (χ0v) is 11.9. The minimum atomic E-state index is -5.00. The van der Waals surface area contributed by atoms with E-state index in [1.807, 2.05) is 4.90 Å². The van der Waals surface area contributed by atoms with Crippen LogP contribution in [-0.2, 0) is 9.53 Å². The van der Waals surface area contributed by atoms with E-state index >= 15 is 0 Å². The van der Waals surface area contributed by atoms with Crippen LogP contribution in [0.3, 0.4) is 0 Å². The Kier molecular flexibility index (Phi) is 4.70. The van der Waals surface area contributed by atoms with E-state index < -0.39 is 17.9 Å². The van der Waals surface area contributed by atoms with Crippen molar-refractivity contribution in [1.82, 2.24) is 0 Å². The van der Waals surface area contributed by atoms with Crippen molar-refractivity contribution < 1.29 is 27.5 Å². The number of anilines is 2. The van der Waals surface area contributed by atoms with Crippen molar-refractivity contribution in [3.8, 4) is 0 Å². The number of amides is 1. The molecule has 8 heteroatoms. The average molecular weight is 316 g/mol. The van der Waals surface area contributed by atoms with E-state index in [9.17, 15) is 22.8 Å². The van der Waals surface area contributed by atoms with Crippen LogP contribution >= 0.6 is 0 Å². The first-order valence-corrected chi connectivity index (χ1v) is 6.65. The Hall–Kier alpha value is -2.09. The Morgan fingerprint density at radius 2 is 1.86 bits per heavy atom. The van der Waals surface area contributed by atoms with Crippen LogP contribution in [0.1, 0.15) is 17.3 Å². The van der Waals surface area contributed by atoms with Gasteiger partial charge in [-0.15, -0.1) is 0 Å². The van der Waals surface area contributed by atoms with Crippen LogP contribution < -0.4 is 10.2 Å². The molecule has 0 atom stereocenters. The quantitative estimate of drug-likeness (QED) is 0.869. The maximum atomic E-state index is 12.3. The third-order valence-corrected chi connectivity index (χ3v) is 3.26. The number of alkyl halides is 3. The fraction of sp³-hybridized carbons (Fsp3) is 0.429. The lowest BCUT2D eigenvalue weighted by atomic mass is 10.1. The Bertz CT molecular complexity index is 581. The molecule has 0 saturated carbocycles. The third-order valence-electron chi connectivity index (χ3n) is 3.26. The summed E-state index contributed by atoms with van der Waals surface area (Å²) in [5, 5.41) is 1.73. The van der Waals surface area contributed by atoms with Crippen LogP contribution in [0.25, 0.3) is 0 Å². The fourth-order valence-electron chi connectivity index (χ4n) is 2.14. The van der Waals surface area contributed by atoms with E-state index in [1.54, 1.807) is 11.4 Å². The molecule has 1 fully saturated rings. The fourth-order valence-corrected chi connectivity index (χ4v) is 2.14. The number of nitrogens with one attached hydrogen (secondary N) is 1. The lowest BCUT2D eigenvalue weighted by molar-refractivity contribution is -0.167. The Morgan fingerprint density at radius 3 is 2.41 bits per heavy atom. The van der Waals surface area contributed by atoms with Gasteiger partial charge < -0.3 is 15.0 Å². The molecular formula is C14H15F3N2O3. The Morgan fingerprint density at radius 1 is 1.23 bits per heavy atom. The van der Waals surface area contributed by atoms with Gasteiger partial charge in [-0.05, 0) is 25.1 Å². The second kappa shape index (κ2) is 6.35. The van der Waals surface area contributed by atoms with Gasteiger partial charge in [-0.2, -0.15) is 13.2 Å². The van der Waals surface area contributed by atoms with E-state index in [-0.39, 0.29) is 11.3 Å².